The molecule has 168 valence electrons. The van der Waals surface area contributed by atoms with Gasteiger partial charge in [-0.3, -0.25) is 9.69 Å². The maximum atomic E-state index is 12.7. The molecule has 1 unspecified atom stereocenters. The van der Waals surface area contributed by atoms with E-state index in [2.05, 4.69) is 57.1 Å². The molecular formula is C25H31N5O2. The lowest BCUT2D eigenvalue weighted by Gasteiger charge is -2.26. The molecule has 1 aromatic heterocycles. The number of hydrogen-bond donors (Lipinski definition) is 1. The van der Waals surface area contributed by atoms with Gasteiger partial charge in [0.05, 0.1) is 30.2 Å². The van der Waals surface area contributed by atoms with Crippen molar-refractivity contribution in [2.45, 2.75) is 6.42 Å². The topological polar surface area (TPSA) is 62.6 Å². The summed E-state index contributed by atoms with van der Waals surface area (Å²) in [6.07, 6.45) is 0.889. The molecule has 0 bridgehead atoms. The zero-order chi connectivity index (χ0) is 21.9. The first-order valence-electron chi connectivity index (χ1n) is 11.5. The summed E-state index contributed by atoms with van der Waals surface area (Å²) in [4.78, 5) is 22.2. The Bertz CT molecular complexity index is 1090. The molecule has 2 fully saturated rings. The summed E-state index contributed by atoms with van der Waals surface area (Å²) in [7, 11) is 2.06. The van der Waals surface area contributed by atoms with Crippen molar-refractivity contribution in [3.05, 3.63) is 48.5 Å². The van der Waals surface area contributed by atoms with Crippen molar-refractivity contribution in [1.82, 2.24) is 19.8 Å². The highest BCUT2D eigenvalue weighted by Crippen LogP contribution is 2.29. The van der Waals surface area contributed by atoms with Crippen LogP contribution >= 0.6 is 0 Å². The zero-order valence-electron chi connectivity index (χ0n) is 18.7. The number of nitrogens with zero attached hydrogens (tertiary/aromatic N) is 4. The summed E-state index contributed by atoms with van der Waals surface area (Å²) < 4.78 is 7.52. The van der Waals surface area contributed by atoms with Gasteiger partial charge in [0.15, 0.2) is 0 Å². The number of benzene rings is 2. The van der Waals surface area contributed by atoms with Gasteiger partial charge < -0.3 is 19.5 Å². The van der Waals surface area contributed by atoms with E-state index in [1.807, 2.05) is 18.2 Å². The molecule has 1 amide bonds. The summed E-state index contributed by atoms with van der Waals surface area (Å²) in [6.45, 7) is 6.74. The molecule has 0 spiro atoms. The van der Waals surface area contributed by atoms with Gasteiger partial charge in [-0.25, -0.2) is 4.98 Å². The lowest BCUT2D eigenvalue weighted by atomic mass is 10.1. The normalized spacial score (nSPS) is 19.5. The van der Waals surface area contributed by atoms with Crippen molar-refractivity contribution in [2.75, 3.05) is 57.4 Å². The number of fused-ring (bicyclic) bond motifs is 1. The number of carbonyl (C=O) groups is 1. The van der Waals surface area contributed by atoms with Crippen molar-refractivity contribution in [3.8, 4) is 11.4 Å². The van der Waals surface area contributed by atoms with Gasteiger partial charge in [0.1, 0.15) is 5.82 Å². The Morgan fingerprint density at radius 1 is 1.12 bits per heavy atom. The van der Waals surface area contributed by atoms with E-state index in [-0.39, 0.29) is 11.8 Å². The van der Waals surface area contributed by atoms with Gasteiger partial charge in [0.2, 0.25) is 5.91 Å². The molecule has 7 heteroatoms. The lowest BCUT2D eigenvalue weighted by molar-refractivity contribution is -0.124. The molecule has 0 aliphatic carbocycles. The number of para-hydroxylation sites is 2. The van der Waals surface area contributed by atoms with Gasteiger partial charge in [0, 0.05) is 57.6 Å². The van der Waals surface area contributed by atoms with Gasteiger partial charge in [-0.15, -0.1) is 0 Å². The van der Waals surface area contributed by atoms with E-state index in [0.29, 0.717) is 6.54 Å². The predicted molar refractivity (Wildman–Crippen MR) is 127 cm³/mol. The maximum absolute atomic E-state index is 12.7. The Hall–Kier alpha value is -2.90. The summed E-state index contributed by atoms with van der Waals surface area (Å²) in [6, 6.07) is 16.7. The van der Waals surface area contributed by atoms with Crippen molar-refractivity contribution >= 4 is 22.6 Å². The van der Waals surface area contributed by atoms with Crippen LogP contribution < -0.4 is 10.2 Å². The number of hydrogen-bond acceptors (Lipinski definition) is 5. The van der Waals surface area contributed by atoms with Crippen LogP contribution in [0.25, 0.3) is 22.4 Å². The Labute approximate surface area is 189 Å². The third kappa shape index (κ3) is 4.36. The second kappa shape index (κ2) is 9.30. The highest BCUT2D eigenvalue weighted by Gasteiger charge is 2.28. The van der Waals surface area contributed by atoms with E-state index < -0.39 is 0 Å². The monoisotopic (exact) mass is 433 g/mol. The molecule has 3 heterocycles. The Kier molecular flexibility index (Phi) is 6.10. The zero-order valence-corrected chi connectivity index (χ0v) is 18.7. The second-order valence-electron chi connectivity index (χ2n) is 8.71. The van der Waals surface area contributed by atoms with Crippen LogP contribution in [0.3, 0.4) is 0 Å². The minimum Gasteiger partial charge on any atom is -0.379 e. The molecule has 3 aromatic rings. The van der Waals surface area contributed by atoms with Gasteiger partial charge >= 0.3 is 0 Å². The summed E-state index contributed by atoms with van der Waals surface area (Å²) >= 11 is 0. The van der Waals surface area contributed by atoms with E-state index >= 15 is 0 Å². The van der Waals surface area contributed by atoms with Crippen LogP contribution in [0.1, 0.15) is 6.42 Å². The van der Waals surface area contributed by atoms with Crippen molar-refractivity contribution in [2.24, 2.45) is 13.0 Å². The first-order valence-corrected chi connectivity index (χ1v) is 11.5. The van der Waals surface area contributed by atoms with E-state index in [1.165, 1.54) is 0 Å². The van der Waals surface area contributed by atoms with E-state index in [4.69, 9.17) is 9.72 Å². The number of rotatable bonds is 6. The molecule has 2 aliphatic heterocycles. The van der Waals surface area contributed by atoms with Crippen LogP contribution in [0.2, 0.25) is 0 Å². The molecule has 1 atom stereocenters. The van der Waals surface area contributed by atoms with Gasteiger partial charge in [0.25, 0.3) is 0 Å². The van der Waals surface area contributed by atoms with Crippen LogP contribution in [0, 0.1) is 5.92 Å². The first-order chi connectivity index (χ1) is 15.7. The van der Waals surface area contributed by atoms with Crippen molar-refractivity contribution in [3.63, 3.8) is 0 Å². The average molecular weight is 434 g/mol. The minimum absolute atomic E-state index is 0.0408. The number of morpholine rings is 1. The third-order valence-electron chi connectivity index (χ3n) is 6.65. The molecular weight excluding hydrogens is 402 g/mol. The Morgan fingerprint density at radius 2 is 1.97 bits per heavy atom. The van der Waals surface area contributed by atoms with Crippen LogP contribution in [-0.2, 0) is 16.6 Å². The van der Waals surface area contributed by atoms with Crippen LogP contribution in [0.15, 0.2) is 48.5 Å². The number of amides is 1. The van der Waals surface area contributed by atoms with Gasteiger partial charge in [-0.2, -0.15) is 0 Å². The fourth-order valence-electron chi connectivity index (χ4n) is 4.76. The maximum Gasteiger partial charge on any atom is 0.225 e. The third-order valence-corrected chi connectivity index (χ3v) is 6.65. The number of imidazole rings is 1. The number of aryl methyl sites for hydroxylation is 1. The van der Waals surface area contributed by atoms with Crippen LogP contribution in [0.4, 0.5) is 5.69 Å². The van der Waals surface area contributed by atoms with Gasteiger partial charge in [-0.05, 0) is 30.7 Å². The SMILES string of the molecule is Cn1c(-c2cccc(N3CCC(C(=O)NCCN4CCOCC4)C3)c2)nc2ccccc21. The average Bonchev–Trinajstić information content (AvgIpc) is 3.46. The number of nitrogens with one attached hydrogen (secondary N) is 1. The van der Waals surface area contributed by atoms with Crippen molar-refractivity contribution in [1.29, 1.82) is 0 Å². The van der Waals surface area contributed by atoms with Crippen LogP contribution in [-0.4, -0.2) is 72.8 Å². The lowest BCUT2D eigenvalue weighted by Crippen LogP contribution is -2.42. The standard InChI is InChI=1S/C25H31N5O2/c1-28-23-8-3-2-7-22(23)27-24(28)19-5-4-6-21(17-19)30-11-9-20(18-30)25(31)26-10-12-29-13-15-32-16-14-29/h2-8,17,20H,9-16,18H2,1H3,(H,26,31). The molecule has 1 N–H and O–H groups in total. The first kappa shape index (κ1) is 21.0. The molecule has 0 radical (unpaired) electrons. The Balaban J connectivity index is 1.21. The Morgan fingerprint density at radius 3 is 2.81 bits per heavy atom. The molecule has 2 aliphatic rings. The number of carbonyl (C=O) groups excluding carboxylic acids is 1. The molecule has 32 heavy (non-hydrogen) atoms. The smallest absolute Gasteiger partial charge is 0.225 e. The minimum atomic E-state index is 0.0408. The summed E-state index contributed by atoms with van der Waals surface area (Å²) in [5.74, 6) is 1.18. The molecule has 7 nitrogen and oxygen atoms in total. The number of aromatic nitrogens is 2. The summed E-state index contributed by atoms with van der Waals surface area (Å²) in [5, 5.41) is 3.14. The summed E-state index contributed by atoms with van der Waals surface area (Å²) in [5.41, 5.74) is 4.38. The fraction of sp³-hybridized carbons (Fsp3) is 0.440. The van der Waals surface area contributed by atoms with E-state index in [0.717, 1.165) is 80.5 Å². The molecule has 2 aromatic carbocycles. The van der Waals surface area contributed by atoms with Crippen LogP contribution in [0.5, 0.6) is 0 Å². The highest BCUT2D eigenvalue weighted by atomic mass is 16.5. The molecule has 2 saturated heterocycles. The number of ether oxygens (including phenoxy) is 1. The highest BCUT2D eigenvalue weighted by molar-refractivity contribution is 5.82. The number of anilines is 1. The van der Waals surface area contributed by atoms with Gasteiger partial charge in [-0.1, -0.05) is 24.3 Å². The predicted octanol–water partition coefficient (Wildman–Crippen LogP) is 2.52. The molecule has 5 rings (SSSR count). The quantitative estimate of drug-likeness (QED) is 0.647. The fourth-order valence-corrected chi connectivity index (χ4v) is 4.76. The van der Waals surface area contributed by atoms with Crippen molar-refractivity contribution < 1.29 is 9.53 Å². The largest absolute Gasteiger partial charge is 0.379 e. The van der Waals surface area contributed by atoms with E-state index in [1.54, 1.807) is 0 Å². The molecule has 0 saturated carbocycles. The second-order valence-corrected chi connectivity index (χ2v) is 8.71. The van der Waals surface area contributed by atoms with E-state index in [9.17, 15) is 4.79 Å².